The first-order chi connectivity index (χ1) is 13.0. The third-order valence-electron chi connectivity index (χ3n) is 5.60. The molecule has 6 nitrogen and oxygen atoms in total. The predicted octanol–water partition coefficient (Wildman–Crippen LogP) is 1.91. The maximum Gasteiger partial charge on any atom is 0.270 e. The zero-order valence-corrected chi connectivity index (χ0v) is 15.6. The molecule has 0 saturated carbocycles. The van der Waals surface area contributed by atoms with Crippen molar-refractivity contribution in [3.8, 4) is 0 Å². The summed E-state index contributed by atoms with van der Waals surface area (Å²) in [5.74, 6) is -0.513. The Hall–Kier alpha value is -1.96. The highest BCUT2D eigenvalue weighted by atomic mass is 19.1. The number of β-amino-alcohol motifs (C(OH)–C–C–N with tert-alkyl or cyclic N) is 1. The molecule has 0 aliphatic carbocycles. The lowest BCUT2D eigenvalue weighted by molar-refractivity contribution is -0.0524. The number of fused-ring (bicyclic) bond motifs is 1. The van der Waals surface area contributed by atoms with Crippen LogP contribution >= 0.6 is 0 Å². The van der Waals surface area contributed by atoms with E-state index in [0.717, 1.165) is 37.0 Å². The van der Waals surface area contributed by atoms with Gasteiger partial charge in [0, 0.05) is 24.0 Å². The SMILES string of the molecule is Cc1c(C(=O)N2CCOC[C@@](O)(CN3CCCC3)C2)[nH]c2ccc(F)cc12. The van der Waals surface area contributed by atoms with E-state index in [1.54, 1.807) is 11.0 Å². The summed E-state index contributed by atoms with van der Waals surface area (Å²) in [7, 11) is 0. The van der Waals surface area contributed by atoms with Crippen molar-refractivity contribution in [2.24, 2.45) is 0 Å². The van der Waals surface area contributed by atoms with E-state index in [9.17, 15) is 14.3 Å². The molecular weight excluding hydrogens is 349 g/mol. The molecule has 146 valence electrons. The van der Waals surface area contributed by atoms with E-state index >= 15 is 0 Å². The van der Waals surface area contributed by atoms with Gasteiger partial charge in [-0.1, -0.05) is 0 Å². The monoisotopic (exact) mass is 375 g/mol. The number of aliphatic hydroxyl groups is 1. The first kappa shape index (κ1) is 18.4. The minimum Gasteiger partial charge on any atom is -0.384 e. The number of aromatic nitrogens is 1. The third kappa shape index (κ3) is 3.72. The first-order valence-corrected chi connectivity index (χ1v) is 9.55. The van der Waals surface area contributed by atoms with Gasteiger partial charge in [0.15, 0.2) is 0 Å². The van der Waals surface area contributed by atoms with Crippen molar-refractivity contribution >= 4 is 16.8 Å². The molecule has 2 N–H and O–H groups in total. The first-order valence-electron chi connectivity index (χ1n) is 9.55. The number of carbonyl (C=O) groups is 1. The Morgan fingerprint density at radius 1 is 1.33 bits per heavy atom. The molecule has 2 aliphatic heterocycles. The number of rotatable bonds is 3. The molecule has 1 aromatic carbocycles. The van der Waals surface area contributed by atoms with Crippen molar-refractivity contribution in [3.63, 3.8) is 0 Å². The van der Waals surface area contributed by atoms with Crippen molar-refractivity contribution in [1.82, 2.24) is 14.8 Å². The molecule has 1 atom stereocenters. The molecule has 2 fully saturated rings. The largest absolute Gasteiger partial charge is 0.384 e. The maximum absolute atomic E-state index is 13.6. The van der Waals surface area contributed by atoms with Gasteiger partial charge in [0.05, 0.1) is 19.8 Å². The lowest BCUT2D eigenvalue weighted by Crippen LogP contribution is -2.53. The number of aryl methyl sites for hydroxylation is 1. The molecule has 0 radical (unpaired) electrons. The number of aromatic amines is 1. The zero-order valence-electron chi connectivity index (χ0n) is 15.6. The van der Waals surface area contributed by atoms with Crippen LogP contribution in [0.15, 0.2) is 18.2 Å². The standard InChI is InChI=1S/C20H26FN3O3/c1-14-16-10-15(21)4-5-17(16)22-18(14)19(25)24-8-9-27-13-20(26,12-24)11-23-6-2-3-7-23/h4-5,10,22,26H,2-3,6-9,11-13H2,1H3/t20-/m1/s1. The molecule has 4 rings (SSSR count). The average Bonchev–Trinajstić information content (AvgIpc) is 3.20. The second-order valence-corrected chi connectivity index (χ2v) is 7.80. The van der Waals surface area contributed by atoms with Gasteiger partial charge in [0.25, 0.3) is 5.91 Å². The number of likely N-dealkylation sites (tertiary alicyclic amines) is 1. The van der Waals surface area contributed by atoms with Crippen LogP contribution in [0.3, 0.4) is 0 Å². The minimum absolute atomic E-state index is 0.186. The Morgan fingerprint density at radius 2 is 2.11 bits per heavy atom. The summed E-state index contributed by atoms with van der Waals surface area (Å²) >= 11 is 0. The molecular formula is C20H26FN3O3. The van der Waals surface area contributed by atoms with Gasteiger partial charge >= 0.3 is 0 Å². The van der Waals surface area contributed by atoms with Crippen molar-refractivity contribution in [1.29, 1.82) is 0 Å². The number of H-pyrrole nitrogens is 1. The van der Waals surface area contributed by atoms with E-state index in [-0.39, 0.29) is 24.9 Å². The highest BCUT2D eigenvalue weighted by Gasteiger charge is 2.37. The van der Waals surface area contributed by atoms with Crippen molar-refractivity contribution in [2.75, 3.05) is 45.9 Å². The zero-order chi connectivity index (χ0) is 19.0. The molecule has 0 spiro atoms. The van der Waals surface area contributed by atoms with Gasteiger partial charge in [-0.15, -0.1) is 0 Å². The van der Waals surface area contributed by atoms with Crippen LogP contribution in [0.2, 0.25) is 0 Å². The van der Waals surface area contributed by atoms with E-state index in [4.69, 9.17) is 4.74 Å². The fourth-order valence-electron chi connectivity index (χ4n) is 4.21. The molecule has 1 amide bonds. The van der Waals surface area contributed by atoms with E-state index in [1.165, 1.54) is 12.1 Å². The molecule has 7 heteroatoms. The number of nitrogens with zero attached hydrogens (tertiary/aromatic N) is 2. The molecule has 2 aliphatic rings. The number of nitrogens with one attached hydrogen (secondary N) is 1. The summed E-state index contributed by atoms with van der Waals surface area (Å²) < 4.78 is 19.2. The van der Waals surface area contributed by atoms with Crippen LogP contribution in [-0.4, -0.2) is 77.3 Å². The summed E-state index contributed by atoms with van der Waals surface area (Å²) in [6.07, 6.45) is 2.29. The second-order valence-electron chi connectivity index (χ2n) is 7.80. The fourth-order valence-corrected chi connectivity index (χ4v) is 4.21. The van der Waals surface area contributed by atoms with Gasteiger partial charge in [0.2, 0.25) is 0 Å². The van der Waals surface area contributed by atoms with Gasteiger partial charge in [-0.05, 0) is 56.6 Å². The van der Waals surface area contributed by atoms with Gasteiger partial charge < -0.3 is 24.6 Å². The van der Waals surface area contributed by atoms with Crippen LogP contribution in [-0.2, 0) is 4.74 Å². The highest BCUT2D eigenvalue weighted by molar-refractivity contribution is 6.01. The Kier molecular flexibility index (Phi) is 4.92. The number of carbonyl (C=O) groups excluding carboxylic acids is 1. The number of benzene rings is 1. The maximum atomic E-state index is 13.6. The highest BCUT2D eigenvalue weighted by Crippen LogP contribution is 2.25. The summed E-state index contributed by atoms with van der Waals surface area (Å²) in [6, 6.07) is 4.46. The molecule has 2 saturated heterocycles. The van der Waals surface area contributed by atoms with E-state index in [1.807, 2.05) is 6.92 Å². The van der Waals surface area contributed by atoms with Crippen LogP contribution < -0.4 is 0 Å². The summed E-state index contributed by atoms with van der Waals surface area (Å²) in [5, 5.41) is 11.8. The van der Waals surface area contributed by atoms with E-state index in [0.29, 0.717) is 30.8 Å². The number of halogens is 1. The van der Waals surface area contributed by atoms with Crippen LogP contribution in [0.4, 0.5) is 4.39 Å². The molecule has 3 heterocycles. The Morgan fingerprint density at radius 3 is 2.89 bits per heavy atom. The number of amides is 1. The van der Waals surface area contributed by atoms with Crippen LogP contribution in [0.5, 0.6) is 0 Å². The van der Waals surface area contributed by atoms with Gasteiger partial charge in [-0.3, -0.25) is 4.79 Å². The minimum atomic E-state index is -1.08. The van der Waals surface area contributed by atoms with Crippen molar-refractivity contribution < 1.29 is 19.0 Å². The average molecular weight is 375 g/mol. The number of hydrogen-bond acceptors (Lipinski definition) is 4. The van der Waals surface area contributed by atoms with Crippen LogP contribution in [0.1, 0.15) is 28.9 Å². The molecule has 0 unspecified atom stereocenters. The van der Waals surface area contributed by atoms with E-state index in [2.05, 4.69) is 9.88 Å². The van der Waals surface area contributed by atoms with Gasteiger partial charge in [-0.25, -0.2) is 4.39 Å². The van der Waals surface area contributed by atoms with Gasteiger partial charge in [-0.2, -0.15) is 0 Å². The van der Waals surface area contributed by atoms with Crippen molar-refractivity contribution in [3.05, 3.63) is 35.3 Å². The molecule has 1 aromatic heterocycles. The Labute approximate surface area is 157 Å². The Bertz CT molecular complexity index is 846. The number of hydrogen-bond donors (Lipinski definition) is 2. The molecule has 2 aromatic rings. The molecule has 27 heavy (non-hydrogen) atoms. The van der Waals surface area contributed by atoms with E-state index < -0.39 is 5.60 Å². The van der Waals surface area contributed by atoms with Crippen LogP contribution in [0.25, 0.3) is 10.9 Å². The van der Waals surface area contributed by atoms with Crippen LogP contribution in [0, 0.1) is 12.7 Å². The lowest BCUT2D eigenvalue weighted by Gasteiger charge is -2.34. The normalized spacial score (nSPS) is 24.5. The number of ether oxygens (including phenoxy) is 1. The predicted molar refractivity (Wildman–Crippen MR) is 100 cm³/mol. The lowest BCUT2D eigenvalue weighted by atomic mass is 10.0. The summed E-state index contributed by atoms with van der Waals surface area (Å²) in [6.45, 7) is 5.54. The summed E-state index contributed by atoms with van der Waals surface area (Å²) in [4.78, 5) is 20.2. The quantitative estimate of drug-likeness (QED) is 0.860. The Balaban J connectivity index is 1.57. The second kappa shape index (κ2) is 7.22. The topological polar surface area (TPSA) is 68.8 Å². The smallest absolute Gasteiger partial charge is 0.270 e. The third-order valence-corrected chi connectivity index (χ3v) is 5.60. The molecule has 0 bridgehead atoms. The fraction of sp³-hybridized carbons (Fsp3) is 0.550. The van der Waals surface area contributed by atoms with Gasteiger partial charge in [0.1, 0.15) is 17.1 Å². The van der Waals surface area contributed by atoms with Crippen molar-refractivity contribution in [2.45, 2.75) is 25.4 Å². The summed E-state index contributed by atoms with van der Waals surface area (Å²) in [5.41, 5.74) is 0.821.